The highest BCUT2D eigenvalue weighted by molar-refractivity contribution is 5.96. The normalized spacial score (nSPS) is 19.6. The third-order valence-corrected chi connectivity index (χ3v) is 3.27. The van der Waals surface area contributed by atoms with E-state index in [0.29, 0.717) is 11.9 Å². The Hall–Kier alpha value is -1.58. The third-order valence-electron chi connectivity index (χ3n) is 3.27. The van der Waals surface area contributed by atoms with Gasteiger partial charge in [-0.15, -0.1) is 0 Å². The maximum Gasteiger partial charge on any atom is 0.255 e. The van der Waals surface area contributed by atoms with E-state index < -0.39 is 0 Å². The Morgan fingerprint density at radius 3 is 3.00 bits per heavy atom. The molecule has 4 heteroatoms. The minimum absolute atomic E-state index is 0.138. The van der Waals surface area contributed by atoms with Crippen molar-refractivity contribution >= 4 is 5.91 Å². The summed E-state index contributed by atoms with van der Waals surface area (Å²) < 4.78 is 5.07. The molecule has 0 spiro atoms. The van der Waals surface area contributed by atoms with Crippen LogP contribution in [0.25, 0.3) is 0 Å². The zero-order chi connectivity index (χ0) is 11.1. The first kappa shape index (κ1) is 9.63. The number of carbonyl (C=O) groups is 1. The molecule has 0 N–H and O–H groups in total. The van der Waals surface area contributed by atoms with Gasteiger partial charge in [0.05, 0.1) is 12.7 Å². The molecular weight excluding hydrogens is 204 g/mol. The van der Waals surface area contributed by atoms with E-state index in [2.05, 4.69) is 4.98 Å². The highest BCUT2D eigenvalue weighted by Gasteiger charge is 2.36. The van der Waals surface area contributed by atoms with Crippen LogP contribution in [0.5, 0.6) is 5.88 Å². The molecule has 84 valence electrons. The van der Waals surface area contributed by atoms with Crippen LogP contribution in [0.3, 0.4) is 0 Å². The molecule has 1 amide bonds. The molecule has 1 fully saturated rings. The van der Waals surface area contributed by atoms with Crippen molar-refractivity contribution in [3.05, 3.63) is 23.4 Å². The van der Waals surface area contributed by atoms with E-state index in [1.165, 1.54) is 0 Å². The molecule has 2 heterocycles. The Balaban J connectivity index is 1.94. The third kappa shape index (κ3) is 1.45. The molecule has 0 atom stereocenters. The molecule has 1 aromatic heterocycles. The van der Waals surface area contributed by atoms with Crippen LogP contribution in [-0.2, 0) is 6.42 Å². The van der Waals surface area contributed by atoms with Crippen LogP contribution in [0, 0.1) is 0 Å². The molecule has 0 saturated heterocycles. The van der Waals surface area contributed by atoms with Gasteiger partial charge in [-0.1, -0.05) is 0 Å². The maximum absolute atomic E-state index is 12.1. The maximum atomic E-state index is 12.1. The second-order valence-electron chi connectivity index (χ2n) is 4.36. The molecule has 1 saturated carbocycles. The number of fused-ring (bicyclic) bond motifs is 1. The van der Waals surface area contributed by atoms with Crippen molar-refractivity contribution in [3.8, 4) is 5.88 Å². The number of hydrogen-bond donors (Lipinski definition) is 0. The molecule has 1 aromatic rings. The van der Waals surface area contributed by atoms with Gasteiger partial charge in [0.25, 0.3) is 5.91 Å². The Bertz CT molecular complexity index is 441. The fourth-order valence-corrected chi connectivity index (χ4v) is 2.22. The van der Waals surface area contributed by atoms with Gasteiger partial charge in [-0.2, -0.15) is 0 Å². The summed E-state index contributed by atoms with van der Waals surface area (Å²) in [5.74, 6) is 0.727. The smallest absolute Gasteiger partial charge is 0.255 e. The van der Waals surface area contributed by atoms with Gasteiger partial charge in [0.1, 0.15) is 0 Å². The molecular formula is C12H14N2O2. The monoisotopic (exact) mass is 218 g/mol. The number of pyridine rings is 1. The molecule has 1 aliphatic heterocycles. The number of nitrogens with zero attached hydrogens (tertiary/aromatic N) is 2. The molecule has 0 radical (unpaired) electrons. The van der Waals surface area contributed by atoms with Crippen molar-refractivity contribution < 1.29 is 9.53 Å². The van der Waals surface area contributed by atoms with Crippen LogP contribution >= 0.6 is 0 Å². The van der Waals surface area contributed by atoms with Crippen LogP contribution in [0.4, 0.5) is 0 Å². The quantitative estimate of drug-likeness (QED) is 0.750. The Morgan fingerprint density at radius 2 is 2.31 bits per heavy atom. The minimum atomic E-state index is 0.138. The number of rotatable bonds is 2. The van der Waals surface area contributed by atoms with E-state index >= 15 is 0 Å². The van der Waals surface area contributed by atoms with E-state index in [1.54, 1.807) is 13.3 Å². The summed E-state index contributed by atoms with van der Waals surface area (Å²) >= 11 is 0. The van der Waals surface area contributed by atoms with Gasteiger partial charge in [-0.3, -0.25) is 4.79 Å². The van der Waals surface area contributed by atoms with Crippen molar-refractivity contribution in [2.75, 3.05) is 13.7 Å². The highest BCUT2D eigenvalue weighted by Crippen LogP contribution is 2.31. The van der Waals surface area contributed by atoms with Gasteiger partial charge in [0.2, 0.25) is 5.88 Å². The second-order valence-corrected chi connectivity index (χ2v) is 4.36. The number of amides is 1. The molecule has 2 aliphatic rings. The Morgan fingerprint density at radius 1 is 1.50 bits per heavy atom. The fraction of sp³-hybridized carbons (Fsp3) is 0.500. The molecule has 0 unspecified atom stereocenters. The molecule has 3 rings (SSSR count). The molecule has 16 heavy (non-hydrogen) atoms. The van der Waals surface area contributed by atoms with Crippen molar-refractivity contribution in [3.63, 3.8) is 0 Å². The lowest BCUT2D eigenvalue weighted by Gasteiger charge is -2.28. The van der Waals surface area contributed by atoms with Gasteiger partial charge >= 0.3 is 0 Å². The van der Waals surface area contributed by atoms with Crippen molar-refractivity contribution in [2.45, 2.75) is 25.3 Å². The van der Waals surface area contributed by atoms with Crippen LogP contribution in [0.1, 0.15) is 28.8 Å². The van der Waals surface area contributed by atoms with Crippen LogP contribution in [0.2, 0.25) is 0 Å². The predicted octanol–water partition coefficient (Wildman–Crippen LogP) is 1.25. The standard InChI is InChI=1S/C12H14N2O2/c1-16-11-6-8-4-5-14(9-2-3-9)12(15)10(8)7-13-11/h6-7,9H,2-5H2,1H3. The summed E-state index contributed by atoms with van der Waals surface area (Å²) in [5, 5.41) is 0. The molecule has 0 bridgehead atoms. The molecule has 0 aromatic carbocycles. The predicted molar refractivity (Wildman–Crippen MR) is 58.6 cm³/mol. The Labute approximate surface area is 94.2 Å². The van der Waals surface area contributed by atoms with Crippen molar-refractivity contribution in [1.82, 2.24) is 9.88 Å². The zero-order valence-corrected chi connectivity index (χ0v) is 9.27. The number of methoxy groups -OCH3 is 1. The first-order chi connectivity index (χ1) is 7.79. The SMILES string of the molecule is COc1cc2c(cn1)C(=O)N(C1CC1)CC2. The summed E-state index contributed by atoms with van der Waals surface area (Å²) in [6.07, 6.45) is 4.87. The topological polar surface area (TPSA) is 42.4 Å². The molecule has 1 aliphatic carbocycles. The Kier molecular flexibility index (Phi) is 2.09. The number of ether oxygens (including phenoxy) is 1. The van der Waals surface area contributed by atoms with E-state index in [9.17, 15) is 4.79 Å². The summed E-state index contributed by atoms with van der Waals surface area (Å²) in [4.78, 5) is 18.2. The van der Waals surface area contributed by atoms with E-state index in [0.717, 1.165) is 36.9 Å². The van der Waals surface area contributed by atoms with Crippen LogP contribution < -0.4 is 4.74 Å². The average molecular weight is 218 g/mol. The minimum Gasteiger partial charge on any atom is -0.481 e. The molecule has 4 nitrogen and oxygen atoms in total. The zero-order valence-electron chi connectivity index (χ0n) is 9.27. The first-order valence-corrected chi connectivity index (χ1v) is 5.63. The fourth-order valence-electron chi connectivity index (χ4n) is 2.22. The van der Waals surface area contributed by atoms with Gasteiger partial charge in [0.15, 0.2) is 0 Å². The largest absolute Gasteiger partial charge is 0.481 e. The van der Waals surface area contributed by atoms with Crippen LogP contribution in [-0.4, -0.2) is 35.5 Å². The average Bonchev–Trinajstić information content (AvgIpc) is 3.13. The summed E-state index contributed by atoms with van der Waals surface area (Å²) in [6.45, 7) is 0.837. The summed E-state index contributed by atoms with van der Waals surface area (Å²) in [6, 6.07) is 2.36. The first-order valence-electron chi connectivity index (χ1n) is 5.63. The van der Waals surface area contributed by atoms with Gasteiger partial charge in [-0.25, -0.2) is 4.98 Å². The van der Waals surface area contributed by atoms with Gasteiger partial charge in [0, 0.05) is 24.8 Å². The number of carbonyl (C=O) groups excluding carboxylic acids is 1. The second kappa shape index (κ2) is 3.47. The lowest BCUT2D eigenvalue weighted by molar-refractivity contribution is 0.0726. The summed E-state index contributed by atoms with van der Waals surface area (Å²) in [5.41, 5.74) is 1.81. The van der Waals surface area contributed by atoms with Crippen molar-refractivity contribution in [1.29, 1.82) is 0 Å². The lowest BCUT2D eigenvalue weighted by Crippen LogP contribution is -2.39. The van der Waals surface area contributed by atoms with E-state index in [1.807, 2.05) is 11.0 Å². The van der Waals surface area contributed by atoms with E-state index in [-0.39, 0.29) is 5.91 Å². The van der Waals surface area contributed by atoms with Gasteiger partial charge < -0.3 is 9.64 Å². The summed E-state index contributed by atoms with van der Waals surface area (Å²) in [7, 11) is 1.59. The van der Waals surface area contributed by atoms with Gasteiger partial charge in [-0.05, 0) is 24.8 Å². The highest BCUT2D eigenvalue weighted by atomic mass is 16.5. The van der Waals surface area contributed by atoms with Crippen LogP contribution in [0.15, 0.2) is 12.3 Å². The number of aromatic nitrogens is 1. The number of hydrogen-bond acceptors (Lipinski definition) is 3. The van der Waals surface area contributed by atoms with Crippen molar-refractivity contribution in [2.24, 2.45) is 0 Å². The van der Waals surface area contributed by atoms with E-state index in [4.69, 9.17) is 4.74 Å². The lowest BCUT2D eigenvalue weighted by atomic mass is 10.0.